The number of rotatable bonds is 7. The predicted molar refractivity (Wildman–Crippen MR) is 85.8 cm³/mol. The molecule has 0 saturated heterocycles. The first kappa shape index (κ1) is 17.8. The van der Waals surface area contributed by atoms with Crippen molar-refractivity contribution in [1.29, 1.82) is 0 Å². The highest BCUT2D eigenvalue weighted by atomic mass is 32.2. The molecule has 0 aromatic heterocycles. The Morgan fingerprint density at radius 1 is 1.41 bits per heavy atom. The minimum atomic E-state index is -1.20. The van der Waals surface area contributed by atoms with Crippen molar-refractivity contribution >= 4 is 29.0 Å². The van der Waals surface area contributed by atoms with Gasteiger partial charge in [-0.25, -0.2) is 9.59 Å². The molecule has 1 rings (SSSR count). The number of nitrogens with zero attached hydrogens (tertiary/aromatic N) is 1. The largest absolute Gasteiger partial charge is 0.480 e. The number of aliphatic imine (C=N–C) groups is 1. The summed E-state index contributed by atoms with van der Waals surface area (Å²) in [6, 6.07) is 7.91. The number of benzene rings is 1. The molecule has 1 atom stereocenters. The van der Waals surface area contributed by atoms with E-state index in [-0.39, 0.29) is 18.3 Å². The summed E-state index contributed by atoms with van der Waals surface area (Å²) in [5.41, 5.74) is 6.39. The first-order valence-electron chi connectivity index (χ1n) is 6.65. The zero-order valence-electron chi connectivity index (χ0n) is 12.2. The van der Waals surface area contributed by atoms with Crippen LogP contribution in [0.3, 0.4) is 0 Å². The number of carboxylic acid groups (broad SMARTS) is 1. The van der Waals surface area contributed by atoms with Crippen molar-refractivity contribution in [2.24, 2.45) is 10.7 Å². The van der Waals surface area contributed by atoms with Gasteiger partial charge in [0.25, 0.3) is 0 Å². The Morgan fingerprint density at radius 3 is 2.68 bits per heavy atom. The maximum Gasteiger partial charge on any atom is 0.408 e. The van der Waals surface area contributed by atoms with Crippen molar-refractivity contribution in [3.05, 3.63) is 35.9 Å². The Morgan fingerprint density at radius 2 is 2.09 bits per heavy atom. The van der Waals surface area contributed by atoms with Gasteiger partial charge in [-0.2, -0.15) is 0 Å². The Balaban J connectivity index is 2.47. The van der Waals surface area contributed by atoms with Crippen LogP contribution >= 0.6 is 11.8 Å². The Hall–Kier alpha value is -2.22. The highest BCUT2D eigenvalue weighted by Gasteiger charge is 2.20. The third-order valence-electron chi connectivity index (χ3n) is 2.52. The van der Waals surface area contributed by atoms with E-state index in [4.69, 9.17) is 15.6 Å². The van der Waals surface area contributed by atoms with Crippen LogP contribution in [-0.4, -0.2) is 40.7 Å². The van der Waals surface area contributed by atoms with Gasteiger partial charge in [-0.15, -0.1) is 0 Å². The number of nitrogens with one attached hydrogen (secondary N) is 1. The van der Waals surface area contributed by atoms with Crippen LogP contribution in [-0.2, 0) is 16.1 Å². The lowest BCUT2D eigenvalue weighted by Gasteiger charge is -2.13. The fourth-order valence-corrected chi connectivity index (χ4v) is 1.93. The molecule has 7 nitrogen and oxygen atoms in total. The number of nitrogens with two attached hydrogens (primary N) is 1. The maximum atomic E-state index is 11.6. The summed E-state index contributed by atoms with van der Waals surface area (Å²) >= 11 is 1.30. The zero-order valence-corrected chi connectivity index (χ0v) is 13.0. The number of thioether (sulfide) groups is 1. The second-order valence-corrected chi connectivity index (χ2v) is 5.49. The van der Waals surface area contributed by atoms with E-state index in [0.717, 1.165) is 11.3 Å². The summed E-state index contributed by atoms with van der Waals surface area (Å²) in [5, 5.41) is 11.6. The van der Waals surface area contributed by atoms with Gasteiger partial charge >= 0.3 is 12.1 Å². The highest BCUT2D eigenvalue weighted by Crippen LogP contribution is 2.02. The van der Waals surface area contributed by atoms with Gasteiger partial charge in [0.15, 0.2) is 5.17 Å². The van der Waals surface area contributed by atoms with E-state index in [2.05, 4.69) is 10.3 Å². The topological polar surface area (TPSA) is 114 Å². The van der Waals surface area contributed by atoms with Crippen molar-refractivity contribution in [1.82, 2.24) is 5.32 Å². The number of carbonyl (C=O) groups is 2. The SMILES string of the molecule is CCSC(N)=NCC(NC(=O)OCc1ccccc1)C(=O)O. The van der Waals surface area contributed by atoms with Crippen LogP contribution in [0.4, 0.5) is 4.79 Å². The molecule has 0 radical (unpaired) electrons. The number of alkyl carbamates (subject to hydrolysis) is 1. The zero-order chi connectivity index (χ0) is 16.4. The Labute approximate surface area is 132 Å². The molecule has 0 saturated carbocycles. The fourth-order valence-electron chi connectivity index (χ4n) is 1.47. The monoisotopic (exact) mass is 325 g/mol. The Bertz CT molecular complexity index is 522. The summed E-state index contributed by atoms with van der Waals surface area (Å²) in [7, 11) is 0. The van der Waals surface area contributed by atoms with Gasteiger partial charge in [0.1, 0.15) is 12.6 Å². The van der Waals surface area contributed by atoms with Gasteiger partial charge in [0, 0.05) is 0 Å². The van der Waals surface area contributed by atoms with Crippen molar-refractivity contribution in [2.45, 2.75) is 19.6 Å². The van der Waals surface area contributed by atoms with E-state index in [1.807, 2.05) is 25.1 Å². The highest BCUT2D eigenvalue weighted by molar-refractivity contribution is 8.13. The van der Waals surface area contributed by atoms with E-state index in [1.54, 1.807) is 12.1 Å². The van der Waals surface area contributed by atoms with E-state index in [1.165, 1.54) is 11.8 Å². The fraction of sp³-hybridized carbons (Fsp3) is 0.357. The maximum absolute atomic E-state index is 11.6. The predicted octanol–water partition coefficient (Wildman–Crippen LogP) is 1.43. The van der Waals surface area contributed by atoms with E-state index < -0.39 is 18.1 Å². The molecule has 0 heterocycles. The van der Waals surface area contributed by atoms with Crippen molar-refractivity contribution in [2.75, 3.05) is 12.3 Å². The number of ether oxygens (including phenoxy) is 1. The summed E-state index contributed by atoms with van der Waals surface area (Å²) in [6.07, 6.45) is -0.812. The van der Waals surface area contributed by atoms with Crippen LogP contribution in [0.2, 0.25) is 0 Å². The van der Waals surface area contributed by atoms with Gasteiger partial charge in [0.2, 0.25) is 0 Å². The first-order valence-corrected chi connectivity index (χ1v) is 7.64. The van der Waals surface area contributed by atoms with Gasteiger partial charge < -0.3 is 20.9 Å². The molecule has 1 amide bonds. The van der Waals surface area contributed by atoms with Crippen LogP contribution in [0.25, 0.3) is 0 Å². The molecule has 0 aliphatic carbocycles. The van der Waals surface area contributed by atoms with E-state index in [0.29, 0.717) is 0 Å². The number of hydrogen-bond donors (Lipinski definition) is 3. The molecule has 1 unspecified atom stereocenters. The van der Waals surface area contributed by atoms with Crippen molar-refractivity contribution < 1.29 is 19.4 Å². The van der Waals surface area contributed by atoms with Crippen molar-refractivity contribution in [3.63, 3.8) is 0 Å². The molecule has 0 aliphatic heterocycles. The van der Waals surface area contributed by atoms with Gasteiger partial charge in [-0.05, 0) is 11.3 Å². The average Bonchev–Trinajstić information content (AvgIpc) is 2.50. The molecule has 120 valence electrons. The van der Waals surface area contributed by atoms with Crippen molar-refractivity contribution in [3.8, 4) is 0 Å². The summed E-state index contributed by atoms with van der Waals surface area (Å²) in [4.78, 5) is 26.6. The third kappa shape index (κ3) is 6.98. The van der Waals surface area contributed by atoms with Crippen LogP contribution < -0.4 is 11.1 Å². The molecule has 0 spiro atoms. The lowest BCUT2D eigenvalue weighted by molar-refractivity contribution is -0.139. The molecule has 0 bridgehead atoms. The van der Waals surface area contributed by atoms with Gasteiger partial charge in [-0.3, -0.25) is 4.99 Å². The second kappa shape index (κ2) is 9.67. The standard InChI is InChI=1S/C14H19N3O4S/c1-2-22-13(15)16-8-11(12(18)19)17-14(20)21-9-10-6-4-3-5-7-10/h3-7,11H,2,8-9H2,1H3,(H2,15,16)(H,17,20)(H,18,19). The lowest BCUT2D eigenvalue weighted by atomic mass is 10.2. The molecule has 0 aliphatic rings. The second-order valence-electron chi connectivity index (χ2n) is 4.21. The number of aliphatic carboxylic acids is 1. The number of carbonyl (C=O) groups excluding carboxylic acids is 1. The number of carboxylic acids is 1. The number of amidine groups is 1. The Kier molecular flexibility index (Phi) is 7.84. The summed E-state index contributed by atoms with van der Waals surface area (Å²) in [5.74, 6) is -0.464. The molecular formula is C14H19N3O4S. The smallest absolute Gasteiger partial charge is 0.408 e. The van der Waals surface area contributed by atoms with E-state index >= 15 is 0 Å². The van der Waals surface area contributed by atoms with Crippen LogP contribution in [0.5, 0.6) is 0 Å². The van der Waals surface area contributed by atoms with Crippen LogP contribution in [0.1, 0.15) is 12.5 Å². The summed E-state index contributed by atoms with van der Waals surface area (Å²) < 4.78 is 4.96. The molecular weight excluding hydrogens is 306 g/mol. The molecule has 8 heteroatoms. The minimum Gasteiger partial charge on any atom is -0.480 e. The summed E-state index contributed by atoms with van der Waals surface area (Å²) in [6.45, 7) is 1.83. The number of amides is 1. The normalized spacial score (nSPS) is 12.5. The molecule has 4 N–H and O–H groups in total. The number of hydrogen-bond acceptors (Lipinski definition) is 5. The lowest BCUT2D eigenvalue weighted by Crippen LogP contribution is -2.43. The molecule has 1 aromatic carbocycles. The third-order valence-corrected chi connectivity index (χ3v) is 3.24. The van der Waals surface area contributed by atoms with E-state index in [9.17, 15) is 9.59 Å². The van der Waals surface area contributed by atoms with Crippen LogP contribution in [0, 0.1) is 0 Å². The molecule has 22 heavy (non-hydrogen) atoms. The minimum absolute atomic E-state index is 0.0656. The first-order chi connectivity index (χ1) is 10.5. The molecule has 1 aromatic rings. The quantitative estimate of drug-likeness (QED) is 0.516. The molecule has 0 fully saturated rings. The van der Waals surface area contributed by atoms with Gasteiger partial charge in [0.05, 0.1) is 6.54 Å². The van der Waals surface area contributed by atoms with Crippen LogP contribution in [0.15, 0.2) is 35.3 Å². The average molecular weight is 325 g/mol. The van der Waals surface area contributed by atoms with Gasteiger partial charge in [-0.1, -0.05) is 49.0 Å².